The molecule has 0 aromatic rings. The summed E-state index contributed by atoms with van der Waals surface area (Å²) in [4.78, 5) is 16.6. The maximum atomic E-state index is 8.33. The van der Waals surface area contributed by atoms with Gasteiger partial charge >= 0.3 is 58.3 Å². The average Bonchev–Trinajstić information content (AvgIpc) is 1.66. The van der Waals surface area contributed by atoms with Crippen LogP contribution in [0, 0.1) is 15.3 Å². The Morgan fingerprint density at radius 3 is 1.27 bits per heavy atom. The van der Waals surface area contributed by atoms with Gasteiger partial charge in [0.2, 0.25) is 0 Å². The van der Waals surface area contributed by atoms with Crippen molar-refractivity contribution in [3.05, 3.63) is 15.3 Å². The van der Waals surface area contributed by atoms with E-state index in [9.17, 15) is 0 Å². The molecule has 65 valence electrons. The summed E-state index contributed by atoms with van der Waals surface area (Å²) in [7, 11) is 0. The Morgan fingerprint density at radius 1 is 1.27 bits per heavy atom. The molecule has 10 heteroatoms. The Balaban J connectivity index is -0.0000000339. The summed E-state index contributed by atoms with van der Waals surface area (Å²) in [5, 5.41) is 31.4. The minimum atomic E-state index is -2.33. The predicted molar refractivity (Wildman–Crippen MR) is 23.7 cm³/mol. The quantitative estimate of drug-likeness (QED) is 0.262. The third-order valence-electron chi connectivity index (χ3n) is 0. The van der Waals surface area contributed by atoms with Crippen molar-refractivity contribution >= 4 is 43.9 Å². The van der Waals surface area contributed by atoms with Crippen molar-refractivity contribution in [1.82, 2.24) is 0 Å². The number of carboxylic acid groups (broad SMARTS) is 2. The fourth-order valence-electron chi connectivity index (χ4n) is 0. The molecule has 11 heavy (non-hydrogen) atoms. The first-order valence-corrected chi connectivity index (χ1v) is 1.72. The fourth-order valence-corrected chi connectivity index (χ4v) is 0. The summed E-state index contributed by atoms with van der Waals surface area (Å²) in [6.45, 7) is 0. The van der Waals surface area contributed by atoms with Gasteiger partial charge in [0.15, 0.2) is 0 Å². The molecule has 0 atom stereocenters. The van der Waals surface area contributed by atoms with Crippen LogP contribution in [0.25, 0.3) is 0 Å². The van der Waals surface area contributed by atoms with E-state index in [2.05, 4.69) is 16.3 Å². The second-order valence-corrected chi connectivity index (χ2v) is 0.474. The van der Waals surface area contributed by atoms with E-state index in [1.165, 1.54) is 0 Å². The molecule has 0 aromatic heterocycles. The zero-order chi connectivity index (χ0) is 9.15. The summed E-state index contributed by atoms with van der Waals surface area (Å²) < 4.78 is 6.56. The molecular formula is CHCaCuNO7. The molecule has 0 amide bonds. The number of hydrogen-bond donors (Lipinski definition) is 1. The molecule has 0 aromatic carbocycles. The zero-order valence-corrected chi connectivity index (χ0v) is 8.00. The molecule has 0 saturated carbocycles. The van der Waals surface area contributed by atoms with Crippen molar-refractivity contribution < 1.29 is 40.6 Å². The first-order valence-electron chi connectivity index (χ1n) is 1.29. The van der Waals surface area contributed by atoms with E-state index in [1.54, 1.807) is 0 Å². The Labute approximate surface area is 99.1 Å². The van der Waals surface area contributed by atoms with Gasteiger partial charge in [-0.15, -0.1) is 0 Å². The Hall–Kier alpha value is 0.209. The normalized spacial score (nSPS) is 5.00. The van der Waals surface area contributed by atoms with Crippen LogP contribution in [-0.2, 0) is 16.3 Å². The Morgan fingerprint density at radius 2 is 1.27 bits per heavy atom. The van der Waals surface area contributed by atoms with Gasteiger partial charge in [0.1, 0.15) is 0 Å². The third-order valence-corrected chi connectivity index (χ3v) is 0. The van der Waals surface area contributed by atoms with Gasteiger partial charge in [-0.3, -0.25) is 0 Å². The van der Waals surface area contributed by atoms with Gasteiger partial charge in [0.25, 0.3) is 0 Å². The van der Waals surface area contributed by atoms with Crippen molar-refractivity contribution in [2.75, 3.05) is 0 Å². The number of nitrogens with zero attached hydrogens (tertiary/aromatic N) is 1. The van der Waals surface area contributed by atoms with Crippen LogP contribution in [-0.4, -0.2) is 53.2 Å². The molecule has 0 aliphatic rings. The third kappa shape index (κ3) is 15700. The monoisotopic (exact) mass is 242 g/mol. The molecule has 0 heterocycles. The minimum absolute atomic E-state index is 0. The van der Waals surface area contributed by atoms with E-state index < -0.39 is 11.2 Å². The van der Waals surface area contributed by atoms with Crippen molar-refractivity contribution in [3.63, 3.8) is 0 Å². The van der Waals surface area contributed by atoms with Gasteiger partial charge in [-0.1, -0.05) is 0 Å². The topological polar surface area (TPSA) is 150 Å². The molecule has 0 bridgehead atoms. The molecule has 0 aliphatic carbocycles. The maximum absolute atomic E-state index is 8.33. The molecule has 0 aliphatic heterocycles. The second kappa shape index (κ2) is 22.5. The van der Waals surface area contributed by atoms with Crippen LogP contribution >= 0.6 is 0 Å². The average molecular weight is 243 g/mol. The van der Waals surface area contributed by atoms with E-state index in [0.29, 0.717) is 0 Å². The van der Waals surface area contributed by atoms with Crippen LogP contribution in [0.5, 0.6) is 0 Å². The van der Waals surface area contributed by atoms with Crippen LogP contribution in [0.15, 0.2) is 0 Å². The number of hydrogen-bond acceptors (Lipinski definition) is 7. The molecule has 0 spiro atoms. The molecule has 8 nitrogen and oxygen atoms in total. The van der Waals surface area contributed by atoms with Gasteiger partial charge in [-0.25, -0.2) is 0 Å². The van der Waals surface area contributed by atoms with E-state index in [-0.39, 0.29) is 37.7 Å². The van der Waals surface area contributed by atoms with E-state index in [4.69, 9.17) is 34.5 Å². The first kappa shape index (κ1) is 22.5. The molecule has 0 radical (unpaired) electrons. The van der Waals surface area contributed by atoms with E-state index in [1.807, 2.05) is 0 Å². The number of carbonyl (C=O) groups excluding carboxylic acids is 1. The van der Waals surface area contributed by atoms with E-state index >= 15 is 0 Å². The molecule has 0 saturated heterocycles. The fraction of sp³-hybridized carbons (Fsp3) is 0. The van der Waals surface area contributed by atoms with Crippen LogP contribution in [0.2, 0.25) is 0 Å². The van der Waals surface area contributed by atoms with Gasteiger partial charge in [0, 0.05) is 0 Å². The summed E-state index contributed by atoms with van der Waals surface area (Å²) >= 11 is 3.19. The molecule has 1 N–H and O–H groups in total. The van der Waals surface area contributed by atoms with Gasteiger partial charge in [0.05, 0.1) is 5.09 Å². The zero-order valence-electron chi connectivity index (χ0n) is 4.85. The number of carbonyl (C=O) groups is 1. The summed E-state index contributed by atoms with van der Waals surface area (Å²) in [6, 6.07) is 0. The van der Waals surface area contributed by atoms with Gasteiger partial charge in [-0.05, 0) is 6.16 Å². The van der Waals surface area contributed by atoms with Crippen molar-refractivity contribution in [2.24, 2.45) is 0 Å². The van der Waals surface area contributed by atoms with Gasteiger partial charge < -0.3 is 30.3 Å². The molecular weight excluding hydrogens is 242 g/mol. The SMILES string of the molecule is O=C([O-])[O-].O=[N+]([O-])[O-].[Ca+2].[OH][Cu+]. The van der Waals surface area contributed by atoms with Crippen LogP contribution in [0.4, 0.5) is 4.79 Å². The summed E-state index contributed by atoms with van der Waals surface area (Å²) in [5.41, 5.74) is 0. The Kier molecular flexibility index (Phi) is 45.9. The second-order valence-electron chi connectivity index (χ2n) is 0.474. The molecule has 0 fully saturated rings. The van der Waals surface area contributed by atoms with E-state index in [0.717, 1.165) is 0 Å². The van der Waals surface area contributed by atoms with Crippen molar-refractivity contribution in [3.8, 4) is 0 Å². The first-order chi connectivity index (χ1) is 4.46. The Bertz CT molecular complexity index is 76.4. The standard InChI is InChI=1S/CH2O3.Ca.Cu.NO3.H2O/c2-1(3)4;;;2-1(3)4;/h(H2,2,3,4);;;;1H2/q;2*+2;-1;/p-3. The van der Waals surface area contributed by atoms with Crippen molar-refractivity contribution in [2.45, 2.75) is 0 Å². The summed E-state index contributed by atoms with van der Waals surface area (Å²) in [6.07, 6.45) is -2.33. The van der Waals surface area contributed by atoms with Crippen LogP contribution < -0.4 is 10.2 Å². The summed E-state index contributed by atoms with van der Waals surface area (Å²) in [5.74, 6) is 0. The van der Waals surface area contributed by atoms with Crippen LogP contribution in [0.1, 0.15) is 0 Å². The predicted octanol–water partition coefficient (Wildman–Crippen LogP) is -3.63. The molecule has 0 unspecified atom stereocenters. The van der Waals surface area contributed by atoms with Crippen molar-refractivity contribution in [1.29, 1.82) is 0 Å². The van der Waals surface area contributed by atoms with Gasteiger partial charge in [-0.2, -0.15) is 0 Å². The molecule has 0 rings (SSSR count). The van der Waals surface area contributed by atoms with Crippen LogP contribution in [0.3, 0.4) is 0 Å². The number of rotatable bonds is 0.